The molecule has 0 aromatic heterocycles. The molecule has 2 rings (SSSR count). The highest BCUT2D eigenvalue weighted by Crippen LogP contribution is 2.23. The van der Waals surface area contributed by atoms with Crippen molar-refractivity contribution in [1.82, 2.24) is 0 Å². The third-order valence-corrected chi connectivity index (χ3v) is 2.97. The van der Waals surface area contributed by atoms with Crippen molar-refractivity contribution in [2.75, 3.05) is 0 Å². The summed E-state index contributed by atoms with van der Waals surface area (Å²) in [4.78, 5) is 0.230. The summed E-state index contributed by atoms with van der Waals surface area (Å²) in [6, 6.07) is 13.1. The van der Waals surface area contributed by atoms with Gasteiger partial charge in [0.15, 0.2) is 0 Å². The van der Waals surface area contributed by atoms with Crippen molar-refractivity contribution in [2.24, 2.45) is 0 Å². The molecule has 3 nitrogen and oxygen atoms in total. The van der Waals surface area contributed by atoms with Crippen molar-refractivity contribution in [3.8, 4) is 11.5 Å². The van der Waals surface area contributed by atoms with Crippen LogP contribution in [-0.2, 0) is 11.1 Å². The number of ether oxygens (including phenoxy) is 1. The summed E-state index contributed by atoms with van der Waals surface area (Å²) in [7, 11) is 0. The van der Waals surface area contributed by atoms with Gasteiger partial charge in [-0.1, -0.05) is 11.6 Å². The lowest BCUT2D eigenvalue weighted by Crippen LogP contribution is -1.89. The first kappa shape index (κ1) is 12.1. The van der Waals surface area contributed by atoms with E-state index in [1.165, 1.54) is 12.1 Å². The van der Waals surface area contributed by atoms with Gasteiger partial charge >= 0.3 is 0 Å². The SMILES string of the molecule is O=S([O-])c1ccc(Oc2ccc(Cl)cc2)cc1. The Balaban J connectivity index is 2.13. The van der Waals surface area contributed by atoms with E-state index in [4.69, 9.17) is 16.3 Å². The van der Waals surface area contributed by atoms with E-state index in [0.29, 0.717) is 16.5 Å². The van der Waals surface area contributed by atoms with Crippen LogP contribution in [0.25, 0.3) is 0 Å². The molecule has 1 atom stereocenters. The first-order valence-corrected chi connectivity index (χ1v) is 6.23. The van der Waals surface area contributed by atoms with Crippen LogP contribution in [0.4, 0.5) is 0 Å². The average molecular weight is 268 g/mol. The van der Waals surface area contributed by atoms with E-state index in [-0.39, 0.29) is 4.90 Å². The third kappa shape index (κ3) is 3.30. The zero-order valence-corrected chi connectivity index (χ0v) is 10.2. The Bertz CT molecular complexity index is 522. The van der Waals surface area contributed by atoms with Gasteiger partial charge in [0.2, 0.25) is 0 Å². The lowest BCUT2D eigenvalue weighted by Gasteiger charge is -2.08. The molecular weight excluding hydrogens is 260 g/mol. The molecule has 0 aliphatic carbocycles. The van der Waals surface area contributed by atoms with Crippen LogP contribution in [0, 0.1) is 0 Å². The van der Waals surface area contributed by atoms with Crippen molar-refractivity contribution >= 4 is 22.7 Å². The third-order valence-electron chi connectivity index (χ3n) is 2.07. The van der Waals surface area contributed by atoms with Crippen LogP contribution in [0.15, 0.2) is 53.4 Å². The molecule has 0 fully saturated rings. The molecule has 0 aliphatic rings. The minimum atomic E-state index is -2.21. The highest BCUT2D eigenvalue weighted by molar-refractivity contribution is 7.79. The normalized spacial score (nSPS) is 12.1. The lowest BCUT2D eigenvalue weighted by molar-refractivity contribution is 0.482. The molecule has 0 spiro atoms. The summed E-state index contributed by atoms with van der Waals surface area (Å²) in [5, 5.41) is 0.634. The van der Waals surface area contributed by atoms with Crippen LogP contribution >= 0.6 is 11.6 Å². The second-order valence-corrected chi connectivity index (χ2v) is 4.64. The van der Waals surface area contributed by atoms with Gasteiger partial charge in [0.25, 0.3) is 0 Å². The Morgan fingerprint density at radius 2 is 1.41 bits per heavy atom. The summed E-state index contributed by atoms with van der Waals surface area (Å²) in [5.41, 5.74) is 0. The van der Waals surface area contributed by atoms with Crippen LogP contribution in [-0.4, -0.2) is 8.76 Å². The maximum Gasteiger partial charge on any atom is 0.127 e. The molecule has 0 aliphatic heterocycles. The number of hydrogen-bond donors (Lipinski definition) is 0. The molecule has 0 saturated heterocycles. The molecule has 5 heteroatoms. The largest absolute Gasteiger partial charge is 0.768 e. The topological polar surface area (TPSA) is 49.4 Å². The Kier molecular flexibility index (Phi) is 3.78. The second kappa shape index (κ2) is 5.31. The van der Waals surface area contributed by atoms with Gasteiger partial charge in [-0.3, -0.25) is 4.21 Å². The van der Waals surface area contributed by atoms with E-state index in [0.717, 1.165) is 0 Å². The van der Waals surface area contributed by atoms with E-state index < -0.39 is 11.1 Å². The molecular formula is C12H8ClO3S-. The number of hydrogen-bond acceptors (Lipinski definition) is 3. The lowest BCUT2D eigenvalue weighted by atomic mass is 10.3. The minimum absolute atomic E-state index is 0.230. The van der Waals surface area contributed by atoms with E-state index >= 15 is 0 Å². The fourth-order valence-corrected chi connectivity index (χ4v) is 1.74. The number of rotatable bonds is 3. The summed E-state index contributed by atoms with van der Waals surface area (Å²) in [6.07, 6.45) is 0. The van der Waals surface area contributed by atoms with Gasteiger partial charge in [-0.25, -0.2) is 0 Å². The standard InChI is InChI=1S/C12H9ClO3S/c13-9-1-3-10(4-2-9)16-11-5-7-12(8-6-11)17(14)15/h1-8H,(H,14,15)/p-1. The average Bonchev–Trinajstić information content (AvgIpc) is 2.33. The summed E-state index contributed by atoms with van der Waals surface area (Å²) in [6.45, 7) is 0. The highest BCUT2D eigenvalue weighted by Gasteiger charge is 1.98. The van der Waals surface area contributed by atoms with Crippen LogP contribution in [0.3, 0.4) is 0 Å². The second-order valence-electron chi connectivity index (χ2n) is 3.26. The molecule has 0 bridgehead atoms. The predicted octanol–water partition coefficient (Wildman–Crippen LogP) is 3.37. The molecule has 0 amide bonds. The molecule has 2 aromatic carbocycles. The summed E-state index contributed by atoms with van der Waals surface area (Å²) >= 11 is 3.54. The van der Waals surface area contributed by atoms with E-state index in [2.05, 4.69) is 0 Å². The van der Waals surface area contributed by atoms with Gasteiger partial charge in [-0.05, 0) is 59.6 Å². The van der Waals surface area contributed by atoms with Gasteiger partial charge in [-0.2, -0.15) is 0 Å². The molecule has 17 heavy (non-hydrogen) atoms. The van der Waals surface area contributed by atoms with E-state index in [1.807, 2.05) is 0 Å². The fourth-order valence-electron chi connectivity index (χ4n) is 1.26. The van der Waals surface area contributed by atoms with Gasteiger partial charge < -0.3 is 9.29 Å². The van der Waals surface area contributed by atoms with Crippen LogP contribution in [0.5, 0.6) is 11.5 Å². The van der Waals surface area contributed by atoms with Gasteiger partial charge in [0, 0.05) is 9.92 Å². The highest BCUT2D eigenvalue weighted by atomic mass is 35.5. The minimum Gasteiger partial charge on any atom is -0.768 e. The first-order valence-electron chi connectivity index (χ1n) is 4.78. The van der Waals surface area contributed by atoms with E-state index in [9.17, 15) is 8.76 Å². The van der Waals surface area contributed by atoms with E-state index in [1.54, 1.807) is 36.4 Å². The maximum atomic E-state index is 10.7. The van der Waals surface area contributed by atoms with Gasteiger partial charge in [-0.15, -0.1) is 0 Å². The van der Waals surface area contributed by atoms with Crippen LogP contribution in [0.1, 0.15) is 0 Å². The molecule has 0 N–H and O–H groups in total. The Labute approximate surface area is 106 Å². The smallest absolute Gasteiger partial charge is 0.127 e. The number of halogens is 1. The molecule has 0 heterocycles. The van der Waals surface area contributed by atoms with Gasteiger partial charge in [0.1, 0.15) is 11.5 Å². The van der Waals surface area contributed by atoms with Crippen molar-refractivity contribution < 1.29 is 13.5 Å². The summed E-state index contributed by atoms with van der Waals surface area (Å²) < 4.78 is 26.8. The quantitative estimate of drug-likeness (QED) is 0.801. The van der Waals surface area contributed by atoms with Crippen molar-refractivity contribution in [2.45, 2.75) is 4.90 Å². The molecule has 0 radical (unpaired) electrons. The predicted molar refractivity (Wildman–Crippen MR) is 65.2 cm³/mol. The molecule has 0 saturated carbocycles. The Morgan fingerprint density at radius 3 is 1.88 bits per heavy atom. The van der Waals surface area contributed by atoms with Crippen LogP contribution in [0.2, 0.25) is 5.02 Å². The van der Waals surface area contributed by atoms with Crippen molar-refractivity contribution in [3.05, 3.63) is 53.6 Å². The Morgan fingerprint density at radius 1 is 0.941 bits per heavy atom. The van der Waals surface area contributed by atoms with Crippen LogP contribution < -0.4 is 4.74 Å². The zero-order valence-electron chi connectivity index (χ0n) is 8.63. The monoisotopic (exact) mass is 267 g/mol. The molecule has 1 unspecified atom stereocenters. The first-order chi connectivity index (χ1) is 8.15. The van der Waals surface area contributed by atoms with Crippen molar-refractivity contribution in [3.63, 3.8) is 0 Å². The molecule has 2 aromatic rings. The fraction of sp³-hybridized carbons (Fsp3) is 0. The zero-order chi connectivity index (χ0) is 12.3. The summed E-state index contributed by atoms with van der Waals surface area (Å²) in [5.74, 6) is 1.21. The molecule has 88 valence electrons. The van der Waals surface area contributed by atoms with Crippen molar-refractivity contribution in [1.29, 1.82) is 0 Å². The maximum absolute atomic E-state index is 10.7. The number of benzene rings is 2. The van der Waals surface area contributed by atoms with Gasteiger partial charge in [0.05, 0.1) is 0 Å². The Hall–Kier alpha value is -1.36.